The van der Waals surface area contributed by atoms with Gasteiger partial charge in [-0.25, -0.2) is 0 Å². The van der Waals surface area contributed by atoms with Crippen LogP contribution in [0.1, 0.15) is 97.8 Å². The molecule has 4 aliphatic rings. The highest BCUT2D eigenvalue weighted by Gasteiger charge is 2.60. The molecule has 306 valence electrons. The van der Waals surface area contributed by atoms with Gasteiger partial charge in [0, 0.05) is 32.2 Å². The average molecular weight is 765 g/mol. The Bertz CT molecular complexity index is 1360. The highest BCUT2D eigenvalue weighted by atomic mass is 16.4. The Labute approximate surface area is 318 Å². The lowest BCUT2D eigenvalue weighted by Gasteiger charge is -2.61. The predicted molar refractivity (Wildman–Crippen MR) is 199 cm³/mol. The lowest BCUT2D eigenvalue weighted by atomic mass is 9.44. The number of nitrogens with zero attached hydrogens (tertiary/aromatic N) is 2. The number of fused-ring (bicyclic) bond motifs is 5. The largest absolute Gasteiger partial charge is 0.481 e. The zero-order valence-electron chi connectivity index (χ0n) is 32.3. The van der Waals surface area contributed by atoms with E-state index in [0.717, 1.165) is 32.1 Å². The van der Waals surface area contributed by atoms with Crippen molar-refractivity contribution >= 4 is 29.8 Å². The van der Waals surface area contributed by atoms with Crippen LogP contribution in [0.2, 0.25) is 0 Å². The minimum absolute atomic E-state index is 0.0303. The molecule has 0 aromatic carbocycles. The van der Waals surface area contributed by atoms with E-state index in [0.29, 0.717) is 29.6 Å². The van der Waals surface area contributed by atoms with Gasteiger partial charge in [-0.3, -0.25) is 39.1 Å². The van der Waals surface area contributed by atoms with E-state index in [4.69, 9.17) is 5.11 Å². The molecule has 4 aliphatic carbocycles. The molecule has 10 atom stereocenters. The fourth-order valence-electron chi connectivity index (χ4n) is 11.4. The van der Waals surface area contributed by atoms with Crippen LogP contribution in [0.4, 0.5) is 0 Å². The van der Waals surface area contributed by atoms with Gasteiger partial charge in [-0.05, 0) is 118 Å². The van der Waals surface area contributed by atoms with Gasteiger partial charge in [-0.2, -0.15) is 0 Å². The Morgan fingerprint density at radius 2 is 1.44 bits per heavy atom. The van der Waals surface area contributed by atoms with E-state index in [1.54, 1.807) is 4.90 Å². The van der Waals surface area contributed by atoms with E-state index < -0.39 is 55.2 Å². The van der Waals surface area contributed by atoms with E-state index in [9.17, 15) is 49.5 Å². The van der Waals surface area contributed by atoms with E-state index in [1.807, 2.05) is 6.08 Å². The first kappa shape index (κ1) is 43.6. The zero-order valence-corrected chi connectivity index (χ0v) is 32.3. The summed E-state index contributed by atoms with van der Waals surface area (Å²) in [4.78, 5) is 60.1. The summed E-state index contributed by atoms with van der Waals surface area (Å²) < 4.78 is 0. The molecule has 0 radical (unpaired) electrons. The molecule has 15 heteroatoms. The molecule has 0 spiro atoms. The van der Waals surface area contributed by atoms with E-state index in [-0.39, 0.29) is 68.9 Å². The molecule has 0 aliphatic heterocycles. The molecule has 0 bridgehead atoms. The third-order valence-corrected chi connectivity index (χ3v) is 14.0. The Morgan fingerprint density at radius 3 is 2.07 bits per heavy atom. The van der Waals surface area contributed by atoms with Gasteiger partial charge in [0.15, 0.2) is 0 Å². The second kappa shape index (κ2) is 19.2. The van der Waals surface area contributed by atoms with Gasteiger partial charge in [0.05, 0.1) is 26.1 Å². The number of aliphatic carboxylic acids is 5. The SMILES string of the molecule is C/C(=C/CC(=O)O)[C@H]1CCC2C3CC[C@@H]4C[C@H](NC(O)CC[C@@H](C(=O)O)N(CCNCC(=O)O)CCN(CC(=O)O)CC(=O)O)CC[C@]4(C)C3CC[C@@]21C. The summed E-state index contributed by atoms with van der Waals surface area (Å²) in [5, 5.41) is 64.2. The second-order valence-electron chi connectivity index (χ2n) is 17.1. The van der Waals surface area contributed by atoms with Gasteiger partial charge in [0.2, 0.25) is 0 Å². The van der Waals surface area contributed by atoms with Crippen LogP contribution in [-0.2, 0) is 24.0 Å². The molecule has 0 saturated heterocycles. The van der Waals surface area contributed by atoms with E-state index >= 15 is 0 Å². The Hall–Kier alpha value is -3.11. The van der Waals surface area contributed by atoms with Gasteiger partial charge in [-0.1, -0.05) is 25.5 Å². The van der Waals surface area contributed by atoms with Crippen molar-refractivity contribution in [2.75, 3.05) is 45.8 Å². The molecule has 4 unspecified atom stereocenters. The van der Waals surface area contributed by atoms with Crippen LogP contribution in [0.25, 0.3) is 0 Å². The fourth-order valence-corrected chi connectivity index (χ4v) is 11.4. The average Bonchev–Trinajstić information content (AvgIpc) is 3.44. The smallest absolute Gasteiger partial charge is 0.320 e. The number of carboxylic acid groups (broad SMARTS) is 5. The molecular formula is C39H64N4O11. The van der Waals surface area contributed by atoms with Crippen LogP contribution in [0, 0.1) is 40.4 Å². The molecule has 4 fully saturated rings. The third-order valence-electron chi connectivity index (χ3n) is 14.0. The monoisotopic (exact) mass is 764 g/mol. The molecule has 8 N–H and O–H groups in total. The zero-order chi connectivity index (χ0) is 39.8. The van der Waals surface area contributed by atoms with Crippen LogP contribution >= 0.6 is 0 Å². The van der Waals surface area contributed by atoms with Crippen molar-refractivity contribution in [3.8, 4) is 0 Å². The lowest BCUT2D eigenvalue weighted by molar-refractivity contribution is -0.146. The maximum atomic E-state index is 12.5. The number of aliphatic hydroxyl groups excluding tert-OH is 1. The van der Waals surface area contributed by atoms with Crippen molar-refractivity contribution < 1.29 is 54.6 Å². The summed E-state index contributed by atoms with van der Waals surface area (Å²) in [5.74, 6) is -2.48. The number of hydrogen-bond donors (Lipinski definition) is 8. The van der Waals surface area contributed by atoms with Crippen molar-refractivity contribution in [2.45, 2.75) is 116 Å². The normalized spacial score (nSPS) is 32.0. The van der Waals surface area contributed by atoms with Gasteiger partial charge >= 0.3 is 29.8 Å². The summed E-state index contributed by atoms with van der Waals surface area (Å²) in [6, 6.07) is -0.973. The molecular weight excluding hydrogens is 700 g/mol. The standard InChI is InChI=1S/C39H64N4O11/c1-24(4-11-33(45)46)28-7-8-29-27-6-5-25-20-26(12-14-38(25,2)30(27)13-15-39(28,29)3)41-32(44)10-9-31(37(53)54)43(17-16-40-21-34(47)48)19-18-42(22-35(49)50)23-36(51)52/h4,25-32,40-41,44H,5-23H2,1-3H3,(H,45,46)(H,47,48)(H,49,50)(H,51,52)(H,53,54)/b24-4-/t25-,26-,27?,28-,29?,30?,31+,32?,38+,39-/m1/s1. The highest BCUT2D eigenvalue weighted by Crippen LogP contribution is 2.68. The van der Waals surface area contributed by atoms with Crippen LogP contribution < -0.4 is 10.6 Å². The van der Waals surface area contributed by atoms with Crippen LogP contribution in [0.15, 0.2) is 11.6 Å². The minimum Gasteiger partial charge on any atom is -0.481 e. The summed E-state index contributed by atoms with van der Waals surface area (Å²) in [6.45, 7) is 5.93. The molecule has 4 rings (SSSR count). The van der Waals surface area contributed by atoms with Crippen molar-refractivity contribution in [1.82, 2.24) is 20.4 Å². The summed E-state index contributed by atoms with van der Waals surface area (Å²) in [5.41, 5.74) is 1.67. The molecule has 4 saturated carbocycles. The summed E-state index contributed by atoms with van der Waals surface area (Å²) in [7, 11) is 0. The second-order valence-corrected chi connectivity index (χ2v) is 17.1. The number of nitrogens with one attached hydrogen (secondary N) is 2. The number of aliphatic hydroxyl groups is 1. The first-order valence-corrected chi connectivity index (χ1v) is 19.8. The number of hydrogen-bond acceptors (Lipinski definition) is 10. The number of carbonyl (C=O) groups is 5. The van der Waals surface area contributed by atoms with E-state index in [1.165, 1.54) is 36.2 Å². The first-order valence-electron chi connectivity index (χ1n) is 19.8. The van der Waals surface area contributed by atoms with Gasteiger partial charge in [-0.15, -0.1) is 0 Å². The van der Waals surface area contributed by atoms with Crippen LogP contribution in [-0.4, -0.2) is 134 Å². The highest BCUT2D eigenvalue weighted by molar-refractivity contribution is 5.74. The van der Waals surface area contributed by atoms with Crippen LogP contribution in [0.3, 0.4) is 0 Å². The Kier molecular flexibility index (Phi) is 15.5. The van der Waals surface area contributed by atoms with Crippen molar-refractivity contribution in [3.63, 3.8) is 0 Å². The summed E-state index contributed by atoms with van der Waals surface area (Å²) >= 11 is 0. The van der Waals surface area contributed by atoms with Crippen molar-refractivity contribution in [2.24, 2.45) is 40.4 Å². The molecule has 0 amide bonds. The fraction of sp³-hybridized carbons (Fsp3) is 0.821. The predicted octanol–water partition coefficient (Wildman–Crippen LogP) is 3.02. The topological polar surface area (TPSA) is 237 Å². The van der Waals surface area contributed by atoms with Gasteiger partial charge in [0.1, 0.15) is 12.3 Å². The lowest BCUT2D eigenvalue weighted by Crippen LogP contribution is -2.55. The van der Waals surface area contributed by atoms with Gasteiger partial charge in [0.25, 0.3) is 0 Å². The molecule has 54 heavy (non-hydrogen) atoms. The number of carboxylic acids is 5. The molecule has 0 aromatic heterocycles. The quantitative estimate of drug-likeness (QED) is 0.0449. The third kappa shape index (κ3) is 11.0. The molecule has 15 nitrogen and oxygen atoms in total. The van der Waals surface area contributed by atoms with Crippen LogP contribution in [0.5, 0.6) is 0 Å². The maximum Gasteiger partial charge on any atom is 0.320 e. The Morgan fingerprint density at radius 1 is 0.778 bits per heavy atom. The Balaban J connectivity index is 1.34. The minimum atomic E-state index is -1.21. The molecule has 0 aromatic rings. The number of allylic oxidation sites excluding steroid dienone is 1. The first-order chi connectivity index (χ1) is 25.4. The molecule has 0 heterocycles. The summed E-state index contributed by atoms with van der Waals surface area (Å²) in [6.07, 6.45) is 11.2. The van der Waals surface area contributed by atoms with Gasteiger partial charge < -0.3 is 36.0 Å². The van der Waals surface area contributed by atoms with E-state index in [2.05, 4.69) is 31.4 Å². The number of rotatable bonds is 22. The maximum absolute atomic E-state index is 12.5. The van der Waals surface area contributed by atoms with Crippen molar-refractivity contribution in [3.05, 3.63) is 11.6 Å². The van der Waals surface area contributed by atoms with Crippen molar-refractivity contribution in [1.29, 1.82) is 0 Å².